The Hall–Kier alpha value is -1.17. The largest absolute Gasteiger partial charge is 0.386 e. The second kappa shape index (κ2) is 3.91. The molecule has 8 heteroatoms. The van der Waals surface area contributed by atoms with Gasteiger partial charge < -0.3 is 15.7 Å². The summed E-state index contributed by atoms with van der Waals surface area (Å²) in [6.07, 6.45) is -0.0807. The quantitative estimate of drug-likeness (QED) is 0.561. The Labute approximate surface area is 79.3 Å². The van der Waals surface area contributed by atoms with E-state index in [1.807, 2.05) is 0 Å². The molecule has 1 heterocycles. The predicted molar refractivity (Wildman–Crippen MR) is 49.8 cm³/mol. The van der Waals surface area contributed by atoms with E-state index in [0.29, 0.717) is 0 Å². The van der Waals surface area contributed by atoms with Crippen LogP contribution in [0.25, 0.3) is 0 Å². The zero-order valence-electron chi connectivity index (χ0n) is 7.20. The molecule has 7 nitrogen and oxygen atoms in total. The Morgan fingerprint density at radius 1 is 1.64 bits per heavy atom. The highest BCUT2D eigenvalue weighted by molar-refractivity contribution is 7.56. The van der Waals surface area contributed by atoms with Gasteiger partial charge in [0.05, 0.1) is 0 Å². The van der Waals surface area contributed by atoms with Crippen LogP contribution in [0, 0.1) is 0 Å². The Morgan fingerprint density at radius 3 is 2.79 bits per heavy atom. The molecule has 0 radical (unpaired) electrons. The smallest absolute Gasteiger partial charge is 0.350 e. The molecule has 1 rings (SSSR count). The molecule has 1 aromatic heterocycles. The molecule has 78 valence electrons. The van der Waals surface area contributed by atoms with Crippen molar-refractivity contribution in [2.75, 3.05) is 12.1 Å². The molecular formula is C6H10N3O4P. The minimum absolute atomic E-state index is 0.0445. The summed E-state index contributed by atoms with van der Waals surface area (Å²) in [4.78, 5) is 23.5. The van der Waals surface area contributed by atoms with Crippen molar-refractivity contribution >= 4 is 13.2 Å². The standard InChI is InChI=1S/C6H10N3O4P/c7-5-1-2-9(6(11)8-5)3-14(12,13)4-10/h1-2,10H,3-4H2,(H,12,13)(H2,7,8,11). The lowest BCUT2D eigenvalue weighted by molar-refractivity contribution is 0.328. The van der Waals surface area contributed by atoms with Crippen LogP contribution in [-0.4, -0.2) is 25.9 Å². The van der Waals surface area contributed by atoms with Gasteiger partial charge >= 0.3 is 5.69 Å². The lowest BCUT2D eigenvalue weighted by Gasteiger charge is -2.09. The van der Waals surface area contributed by atoms with Crippen molar-refractivity contribution in [1.82, 2.24) is 9.55 Å². The van der Waals surface area contributed by atoms with E-state index in [0.717, 1.165) is 4.57 Å². The first-order valence-corrected chi connectivity index (χ1v) is 5.72. The van der Waals surface area contributed by atoms with Crippen molar-refractivity contribution in [2.45, 2.75) is 6.29 Å². The van der Waals surface area contributed by atoms with E-state index >= 15 is 0 Å². The summed E-state index contributed by atoms with van der Waals surface area (Å²) in [5, 5.41) is 8.53. The average Bonchev–Trinajstić information content (AvgIpc) is 2.10. The van der Waals surface area contributed by atoms with E-state index in [1.165, 1.54) is 12.3 Å². The first-order chi connectivity index (χ1) is 6.44. The second-order valence-corrected chi connectivity index (χ2v) is 4.99. The number of hydrogen-bond donors (Lipinski definition) is 3. The summed E-state index contributed by atoms with van der Waals surface area (Å²) in [5.41, 5.74) is 4.50. The third kappa shape index (κ3) is 2.66. The zero-order valence-corrected chi connectivity index (χ0v) is 8.09. The number of aromatic nitrogens is 2. The third-order valence-corrected chi connectivity index (χ3v) is 2.68. The van der Waals surface area contributed by atoms with E-state index in [2.05, 4.69) is 4.98 Å². The Balaban J connectivity index is 2.99. The van der Waals surface area contributed by atoms with Crippen LogP contribution in [0.4, 0.5) is 5.82 Å². The van der Waals surface area contributed by atoms with Gasteiger partial charge in [0.2, 0.25) is 7.37 Å². The van der Waals surface area contributed by atoms with Gasteiger partial charge in [-0.2, -0.15) is 4.98 Å². The van der Waals surface area contributed by atoms with E-state index in [9.17, 15) is 9.36 Å². The van der Waals surface area contributed by atoms with Crippen LogP contribution in [-0.2, 0) is 10.9 Å². The molecule has 1 unspecified atom stereocenters. The van der Waals surface area contributed by atoms with Crippen molar-refractivity contribution in [1.29, 1.82) is 0 Å². The van der Waals surface area contributed by atoms with Gasteiger partial charge in [0.1, 0.15) is 18.5 Å². The number of aliphatic hydroxyl groups is 1. The van der Waals surface area contributed by atoms with Crippen molar-refractivity contribution in [3.63, 3.8) is 0 Å². The maximum Gasteiger partial charge on any atom is 0.350 e. The summed E-state index contributed by atoms with van der Waals surface area (Å²) in [7, 11) is -3.70. The molecule has 4 N–H and O–H groups in total. The Kier molecular flexibility index (Phi) is 3.05. The van der Waals surface area contributed by atoms with Crippen LogP contribution >= 0.6 is 7.37 Å². The normalized spacial score (nSPS) is 15.0. The van der Waals surface area contributed by atoms with Gasteiger partial charge in [0, 0.05) is 6.20 Å². The summed E-state index contributed by atoms with van der Waals surface area (Å²) in [6, 6.07) is 1.33. The number of anilines is 1. The third-order valence-electron chi connectivity index (χ3n) is 1.49. The van der Waals surface area contributed by atoms with Crippen LogP contribution in [0.15, 0.2) is 17.1 Å². The molecule has 0 bridgehead atoms. The SMILES string of the molecule is Nc1ccn(CP(=O)(O)CO)c(=O)n1. The lowest BCUT2D eigenvalue weighted by Crippen LogP contribution is -2.23. The first-order valence-electron chi connectivity index (χ1n) is 3.69. The van der Waals surface area contributed by atoms with Crippen molar-refractivity contribution in [3.8, 4) is 0 Å². The Bertz CT molecular complexity index is 429. The summed E-state index contributed by atoms with van der Waals surface area (Å²) >= 11 is 0. The lowest BCUT2D eigenvalue weighted by atomic mass is 10.6. The van der Waals surface area contributed by atoms with Gasteiger partial charge in [-0.1, -0.05) is 0 Å². The molecule has 14 heavy (non-hydrogen) atoms. The number of nitrogen functional groups attached to an aromatic ring is 1. The second-order valence-electron chi connectivity index (χ2n) is 2.73. The van der Waals surface area contributed by atoms with Gasteiger partial charge in [-0.25, -0.2) is 4.79 Å². The molecular weight excluding hydrogens is 209 g/mol. The molecule has 0 saturated carbocycles. The molecule has 1 aromatic rings. The summed E-state index contributed by atoms with van der Waals surface area (Å²) in [6.45, 7) is 0. The summed E-state index contributed by atoms with van der Waals surface area (Å²) < 4.78 is 12.0. The fourth-order valence-corrected chi connectivity index (χ4v) is 1.61. The number of aliphatic hydroxyl groups excluding tert-OH is 1. The molecule has 0 aliphatic carbocycles. The molecule has 0 aromatic carbocycles. The van der Waals surface area contributed by atoms with E-state index < -0.39 is 25.7 Å². The highest BCUT2D eigenvalue weighted by Gasteiger charge is 2.17. The van der Waals surface area contributed by atoms with E-state index in [1.54, 1.807) is 0 Å². The predicted octanol–water partition coefficient (Wildman–Crippen LogP) is -0.997. The maximum absolute atomic E-state index is 11.1. The monoisotopic (exact) mass is 219 g/mol. The first kappa shape index (κ1) is 10.9. The fraction of sp³-hybridized carbons (Fsp3) is 0.333. The molecule has 0 spiro atoms. The summed E-state index contributed by atoms with van der Waals surface area (Å²) in [5.74, 6) is 0.0445. The van der Waals surface area contributed by atoms with Gasteiger partial charge in [0.25, 0.3) is 0 Å². The minimum atomic E-state index is -3.70. The van der Waals surface area contributed by atoms with Gasteiger partial charge in [0.15, 0.2) is 0 Å². The van der Waals surface area contributed by atoms with Gasteiger partial charge in [-0.15, -0.1) is 0 Å². The molecule has 0 aliphatic heterocycles. The van der Waals surface area contributed by atoms with Gasteiger partial charge in [-0.05, 0) is 6.07 Å². The van der Waals surface area contributed by atoms with Crippen LogP contribution in [0.2, 0.25) is 0 Å². The molecule has 0 amide bonds. The van der Waals surface area contributed by atoms with E-state index in [-0.39, 0.29) is 5.82 Å². The molecule has 0 fully saturated rings. The molecule has 0 aliphatic rings. The maximum atomic E-state index is 11.1. The topological polar surface area (TPSA) is 118 Å². The fourth-order valence-electron chi connectivity index (χ4n) is 0.832. The van der Waals surface area contributed by atoms with Crippen molar-refractivity contribution in [2.24, 2.45) is 0 Å². The van der Waals surface area contributed by atoms with Crippen molar-refractivity contribution < 1.29 is 14.6 Å². The average molecular weight is 219 g/mol. The van der Waals surface area contributed by atoms with Crippen LogP contribution in [0.1, 0.15) is 0 Å². The van der Waals surface area contributed by atoms with Crippen molar-refractivity contribution in [3.05, 3.63) is 22.7 Å². The number of nitrogens with zero attached hydrogens (tertiary/aromatic N) is 2. The molecule has 0 saturated heterocycles. The van der Waals surface area contributed by atoms with Crippen LogP contribution in [0.5, 0.6) is 0 Å². The molecule has 1 atom stereocenters. The minimum Gasteiger partial charge on any atom is -0.386 e. The van der Waals surface area contributed by atoms with Crippen LogP contribution < -0.4 is 11.4 Å². The zero-order chi connectivity index (χ0) is 10.8. The highest BCUT2D eigenvalue weighted by atomic mass is 31.2. The van der Waals surface area contributed by atoms with Crippen LogP contribution in [0.3, 0.4) is 0 Å². The Morgan fingerprint density at radius 2 is 2.29 bits per heavy atom. The number of nitrogens with two attached hydrogens (primary N) is 1. The number of hydrogen-bond acceptors (Lipinski definition) is 5. The van der Waals surface area contributed by atoms with Gasteiger partial charge in [-0.3, -0.25) is 9.13 Å². The number of rotatable bonds is 3. The van der Waals surface area contributed by atoms with E-state index in [4.69, 9.17) is 15.7 Å². The highest BCUT2D eigenvalue weighted by Crippen LogP contribution is 2.40.